The molecule has 21 heavy (non-hydrogen) atoms. The molecule has 0 aliphatic rings. The van der Waals surface area contributed by atoms with Crippen LogP contribution in [0.25, 0.3) is 0 Å². The summed E-state index contributed by atoms with van der Waals surface area (Å²) in [6.45, 7) is 2.26. The van der Waals surface area contributed by atoms with Crippen LogP contribution >= 0.6 is 0 Å². The molecule has 2 aromatic rings. The molecule has 0 fully saturated rings. The third kappa shape index (κ3) is 3.29. The van der Waals surface area contributed by atoms with Crippen LogP contribution in [0.15, 0.2) is 41.0 Å². The van der Waals surface area contributed by atoms with Gasteiger partial charge in [-0.2, -0.15) is 0 Å². The van der Waals surface area contributed by atoms with Crippen LogP contribution < -0.4 is 11.3 Å². The molecule has 6 heteroatoms. The van der Waals surface area contributed by atoms with E-state index in [4.69, 9.17) is 10.3 Å². The van der Waals surface area contributed by atoms with Gasteiger partial charge in [-0.1, -0.05) is 18.2 Å². The van der Waals surface area contributed by atoms with Gasteiger partial charge < -0.3 is 4.42 Å². The Labute approximate surface area is 122 Å². The van der Waals surface area contributed by atoms with E-state index in [1.165, 1.54) is 12.3 Å². The summed E-state index contributed by atoms with van der Waals surface area (Å²) in [5, 5.41) is 0. The van der Waals surface area contributed by atoms with Gasteiger partial charge in [-0.3, -0.25) is 15.1 Å². The summed E-state index contributed by atoms with van der Waals surface area (Å²) in [6.07, 6.45) is 1.43. The van der Waals surface area contributed by atoms with Gasteiger partial charge >= 0.3 is 0 Å². The number of nitrogens with one attached hydrogen (secondary N) is 1. The number of amides is 1. The van der Waals surface area contributed by atoms with Gasteiger partial charge in [-0.25, -0.2) is 10.2 Å². The van der Waals surface area contributed by atoms with Crippen LogP contribution in [-0.4, -0.2) is 17.9 Å². The molecule has 1 aromatic heterocycles. The van der Waals surface area contributed by atoms with E-state index in [2.05, 4.69) is 5.43 Å². The SMILES string of the molecule is CC(c1ccccc1F)N(C)Cc1occc1C(=O)NN. The molecule has 0 spiro atoms. The predicted molar refractivity (Wildman–Crippen MR) is 76.6 cm³/mol. The molecule has 1 heterocycles. The van der Waals surface area contributed by atoms with E-state index in [1.54, 1.807) is 24.3 Å². The van der Waals surface area contributed by atoms with Crippen molar-refractivity contribution in [1.82, 2.24) is 10.3 Å². The van der Waals surface area contributed by atoms with Crippen LogP contribution in [0.2, 0.25) is 0 Å². The number of halogens is 1. The Morgan fingerprint density at radius 3 is 2.81 bits per heavy atom. The number of hydrogen-bond donors (Lipinski definition) is 2. The van der Waals surface area contributed by atoms with Gasteiger partial charge in [-0.15, -0.1) is 0 Å². The van der Waals surface area contributed by atoms with E-state index in [0.717, 1.165) is 0 Å². The average molecular weight is 291 g/mol. The van der Waals surface area contributed by atoms with E-state index in [1.807, 2.05) is 18.9 Å². The van der Waals surface area contributed by atoms with Crippen LogP contribution in [0.3, 0.4) is 0 Å². The minimum Gasteiger partial charge on any atom is -0.467 e. The Balaban J connectivity index is 2.15. The van der Waals surface area contributed by atoms with Gasteiger partial charge in [0.1, 0.15) is 11.6 Å². The molecule has 112 valence electrons. The van der Waals surface area contributed by atoms with Gasteiger partial charge in [0, 0.05) is 11.6 Å². The third-order valence-corrected chi connectivity index (χ3v) is 3.53. The quantitative estimate of drug-likeness (QED) is 0.503. The number of hydrogen-bond acceptors (Lipinski definition) is 4. The van der Waals surface area contributed by atoms with E-state index in [-0.39, 0.29) is 11.9 Å². The maximum absolute atomic E-state index is 13.8. The van der Waals surface area contributed by atoms with Gasteiger partial charge in [0.25, 0.3) is 5.91 Å². The van der Waals surface area contributed by atoms with Gasteiger partial charge in [0.2, 0.25) is 0 Å². The number of furan rings is 1. The molecule has 1 atom stereocenters. The first kappa shape index (κ1) is 15.2. The standard InChI is InChI=1S/C15H18FN3O2/c1-10(11-5-3-4-6-13(11)16)19(2)9-14-12(7-8-21-14)15(20)18-17/h3-8,10H,9,17H2,1-2H3,(H,18,20). The molecule has 1 aromatic carbocycles. The first-order valence-corrected chi connectivity index (χ1v) is 6.56. The van der Waals surface area contributed by atoms with Gasteiger partial charge in [-0.05, 0) is 26.1 Å². The normalized spacial score (nSPS) is 12.4. The number of rotatable bonds is 5. The molecular weight excluding hydrogens is 273 g/mol. The van der Waals surface area contributed by atoms with Crippen LogP contribution in [0.5, 0.6) is 0 Å². The molecule has 5 nitrogen and oxygen atoms in total. The maximum Gasteiger partial charge on any atom is 0.268 e. The minimum atomic E-state index is -0.411. The van der Waals surface area contributed by atoms with E-state index < -0.39 is 5.91 Å². The topological polar surface area (TPSA) is 71.5 Å². The van der Waals surface area contributed by atoms with Crippen molar-refractivity contribution in [3.05, 3.63) is 59.3 Å². The van der Waals surface area contributed by atoms with Crippen molar-refractivity contribution >= 4 is 5.91 Å². The summed E-state index contributed by atoms with van der Waals surface area (Å²) >= 11 is 0. The molecule has 0 aliphatic heterocycles. The van der Waals surface area contributed by atoms with Crippen molar-refractivity contribution in [3.8, 4) is 0 Å². The fraction of sp³-hybridized carbons (Fsp3) is 0.267. The Bertz CT molecular complexity index is 627. The van der Waals surface area contributed by atoms with Crippen molar-refractivity contribution in [1.29, 1.82) is 0 Å². The molecular formula is C15H18FN3O2. The Morgan fingerprint density at radius 2 is 2.14 bits per heavy atom. The highest BCUT2D eigenvalue weighted by atomic mass is 19.1. The lowest BCUT2D eigenvalue weighted by atomic mass is 10.1. The molecule has 0 radical (unpaired) electrons. The largest absolute Gasteiger partial charge is 0.467 e. The first-order chi connectivity index (χ1) is 10.0. The molecule has 2 rings (SSSR count). The summed E-state index contributed by atoms with van der Waals surface area (Å²) < 4.78 is 19.1. The van der Waals surface area contributed by atoms with Crippen molar-refractivity contribution in [2.75, 3.05) is 7.05 Å². The summed E-state index contributed by atoms with van der Waals surface area (Å²) in [4.78, 5) is 13.5. The van der Waals surface area contributed by atoms with Gasteiger partial charge in [0.15, 0.2) is 0 Å². The smallest absolute Gasteiger partial charge is 0.268 e. The molecule has 1 unspecified atom stereocenters. The average Bonchev–Trinajstić information content (AvgIpc) is 2.94. The summed E-state index contributed by atoms with van der Waals surface area (Å²) in [6, 6.07) is 8.01. The summed E-state index contributed by atoms with van der Waals surface area (Å²) in [7, 11) is 1.84. The number of nitrogen functional groups attached to an aromatic ring is 1. The number of nitrogens with two attached hydrogens (primary N) is 1. The Kier molecular flexibility index (Phi) is 4.72. The lowest BCUT2D eigenvalue weighted by Crippen LogP contribution is -2.31. The van der Waals surface area contributed by atoms with Gasteiger partial charge in [0.05, 0.1) is 18.4 Å². The van der Waals surface area contributed by atoms with Crippen molar-refractivity contribution < 1.29 is 13.6 Å². The lowest BCUT2D eigenvalue weighted by Gasteiger charge is -2.24. The van der Waals surface area contributed by atoms with Crippen molar-refractivity contribution in [2.45, 2.75) is 19.5 Å². The molecule has 1 amide bonds. The second-order valence-electron chi connectivity index (χ2n) is 4.84. The lowest BCUT2D eigenvalue weighted by molar-refractivity contribution is 0.0949. The zero-order chi connectivity index (χ0) is 15.4. The zero-order valence-corrected chi connectivity index (χ0v) is 12.0. The van der Waals surface area contributed by atoms with E-state index >= 15 is 0 Å². The molecule has 0 saturated heterocycles. The number of carbonyl (C=O) groups excluding carboxylic acids is 1. The number of carbonyl (C=O) groups is 1. The van der Waals surface area contributed by atoms with Crippen LogP contribution in [-0.2, 0) is 6.54 Å². The fourth-order valence-electron chi connectivity index (χ4n) is 2.16. The highest BCUT2D eigenvalue weighted by Gasteiger charge is 2.20. The highest BCUT2D eigenvalue weighted by molar-refractivity contribution is 5.94. The third-order valence-electron chi connectivity index (χ3n) is 3.53. The van der Waals surface area contributed by atoms with Crippen molar-refractivity contribution in [3.63, 3.8) is 0 Å². The Morgan fingerprint density at radius 1 is 1.43 bits per heavy atom. The molecule has 0 saturated carbocycles. The fourth-order valence-corrected chi connectivity index (χ4v) is 2.16. The number of nitrogens with zero attached hydrogens (tertiary/aromatic N) is 1. The minimum absolute atomic E-state index is 0.162. The Hall–Kier alpha value is -2.18. The van der Waals surface area contributed by atoms with E-state index in [9.17, 15) is 9.18 Å². The molecule has 0 aliphatic carbocycles. The second kappa shape index (κ2) is 6.51. The highest BCUT2D eigenvalue weighted by Crippen LogP contribution is 2.24. The van der Waals surface area contributed by atoms with Crippen molar-refractivity contribution in [2.24, 2.45) is 5.84 Å². The van der Waals surface area contributed by atoms with Crippen LogP contribution in [0.4, 0.5) is 4.39 Å². The number of hydrazine groups is 1. The van der Waals surface area contributed by atoms with E-state index in [0.29, 0.717) is 23.4 Å². The summed E-state index contributed by atoms with van der Waals surface area (Å²) in [5.74, 6) is 4.95. The maximum atomic E-state index is 13.8. The number of benzene rings is 1. The molecule has 3 N–H and O–H groups in total. The summed E-state index contributed by atoms with van der Waals surface area (Å²) in [5.41, 5.74) is 3.05. The first-order valence-electron chi connectivity index (χ1n) is 6.56. The molecule has 0 bridgehead atoms. The monoisotopic (exact) mass is 291 g/mol. The second-order valence-corrected chi connectivity index (χ2v) is 4.84. The van der Waals surface area contributed by atoms with Crippen LogP contribution in [0, 0.1) is 5.82 Å². The zero-order valence-electron chi connectivity index (χ0n) is 12.0. The van der Waals surface area contributed by atoms with Crippen LogP contribution in [0.1, 0.15) is 34.6 Å². The predicted octanol–water partition coefficient (Wildman–Crippen LogP) is 2.22.